The van der Waals surface area contributed by atoms with E-state index in [1.165, 1.54) is 0 Å². The number of ether oxygens (including phenoxy) is 1. The first-order valence-corrected chi connectivity index (χ1v) is 8.81. The molecule has 4 aromatic heterocycles. The zero-order valence-corrected chi connectivity index (χ0v) is 14.8. The van der Waals surface area contributed by atoms with Crippen molar-refractivity contribution in [2.24, 2.45) is 7.05 Å². The van der Waals surface area contributed by atoms with Crippen molar-refractivity contribution >= 4 is 27.8 Å². The zero-order valence-electron chi connectivity index (χ0n) is 14.8. The largest absolute Gasteiger partial charge is 0.377 e. The van der Waals surface area contributed by atoms with Gasteiger partial charge in [0.05, 0.1) is 36.4 Å². The lowest BCUT2D eigenvalue weighted by molar-refractivity contribution is 0.0987. The molecule has 4 aromatic rings. The molecule has 7 heteroatoms. The summed E-state index contributed by atoms with van der Waals surface area (Å²) in [5.41, 5.74) is 2.85. The summed E-state index contributed by atoms with van der Waals surface area (Å²) in [4.78, 5) is 19.7. The molecule has 5 rings (SSSR count). The number of hydrogen-bond acceptors (Lipinski definition) is 5. The summed E-state index contributed by atoms with van der Waals surface area (Å²) >= 11 is 0. The molecule has 1 unspecified atom stereocenters. The van der Waals surface area contributed by atoms with Gasteiger partial charge in [-0.2, -0.15) is 0 Å². The van der Waals surface area contributed by atoms with Crippen molar-refractivity contribution in [3.63, 3.8) is 0 Å². The molecule has 1 N–H and O–H groups in total. The maximum atomic E-state index is 5.61. The number of nitrogens with one attached hydrogen (secondary N) is 1. The SMILES string of the molecule is CC1COCCN1c1nc(-c2cncc3[nH]ccc23)nc2c1ccn2C. The molecule has 0 spiro atoms. The predicted molar refractivity (Wildman–Crippen MR) is 101 cm³/mol. The maximum Gasteiger partial charge on any atom is 0.166 e. The van der Waals surface area contributed by atoms with Crippen molar-refractivity contribution < 1.29 is 4.74 Å². The topological polar surface area (TPSA) is 71.9 Å². The van der Waals surface area contributed by atoms with Gasteiger partial charge in [0.2, 0.25) is 0 Å². The molecule has 1 fully saturated rings. The van der Waals surface area contributed by atoms with Gasteiger partial charge in [-0.3, -0.25) is 4.98 Å². The fourth-order valence-electron chi connectivity index (χ4n) is 3.66. The van der Waals surface area contributed by atoms with Gasteiger partial charge in [-0.25, -0.2) is 9.97 Å². The number of fused-ring (bicyclic) bond motifs is 2. The van der Waals surface area contributed by atoms with Crippen LogP contribution in [-0.2, 0) is 11.8 Å². The van der Waals surface area contributed by atoms with Crippen molar-refractivity contribution in [3.8, 4) is 11.4 Å². The van der Waals surface area contributed by atoms with Crippen LogP contribution in [0.15, 0.2) is 36.9 Å². The Morgan fingerprint density at radius 2 is 2.12 bits per heavy atom. The van der Waals surface area contributed by atoms with Crippen LogP contribution in [0.5, 0.6) is 0 Å². The number of morpholine rings is 1. The average molecular weight is 348 g/mol. The molecule has 1 aliphatic rings. The third-order valence-electron chi connectivity index (χ3n) is 5.06. The molecular weight excluding hydrogens is 328 g/mol. The molecule has 0 aromatic carbocycles. The molecular formula is C19H20N6O. The van der Waals surface area contributed by atoms with Gasteiger partial charge in [0, 0.05) is 43.1 Å². The van der Waals surface area contributed by atoms with Gasteiger partial charge < -0.3 is 19.2 Å². The highest BCUT2D eigenvalue weighted by Gasteiger charge is 2.24. The van der Waals surface area contributed by atoms with Crippen LogP contribution in [-0.4, -0.2) is 50.3 Å². The number of hydrogen-bond donors (Lipinski definition) is 1. The summed E-state index contributed by atoms with van der Waals surface area (Å²) in [5.74, 6) is 1.67. The highest BCUT2D eigenvalue weighted by Crippen LogP contribution is 2.32. The van der Waals surface area contributed by atoms with E-state index in [1.54, 1.807) is 0 Å². The zero-order chi connectivity index (χ0) is 17.7. The predicted octanol–water partition coefficient (Wildman–Crippen LogP) is 2.74. The quantitative estimate of drug-likeness (QED) is 0.603. The second-order valence-corrected chi connectivity index (χ2v) is 6.78. The van der Waals surface area contributed by atoms with E-state index in [2.05, 4.69) is 27.9 Å². The number of anilines is 1. The highest BCUT2D eigenvalue weighted by molar-refractivity contribution is 5.95. The van der Waals surface area contributed by atoms with Crippen molar-refractivity contribution in [3.05, 3.63) is 36.9 Å². The summed E-state index contributed by atoms with van der Waals surface area (Å²) in [6.07, 6.45) is 7.62. The number of aromatic amines is 1. The van der Waals surface area contributed by atoms with Crippen molar-refractivity contribution in [2.75, 3.05) is 24.7 Å². The third-order valence-corrected chi connectivity index (χ3v) is 5.06. The average Bonchev–Trinajstić information content (AvgIpc) is 3.28. The van der Waals surface area contributed by atoms with E-state index >= 15 is 0 Å². The Kier molecular flexibility index (Phi) is 3.43. The van der Waals surface area contributed by atoms with E-state index < -0.39 is 0 Å². The molecule has 5 heterocycles. The van der Waals surface area contributed by atoms with E-state index in [0.29, 0.717) is 19.0 Å². The Bertz CT molecular complexity index is 1100. The summed E-state index contributed by atoms with van der Waals surface area (Å²) < 4.78 is 7.65. The minimum atomic E-state index is 0.274. The lowest BCUT2D eigenvalue weighted by Gasteiger charge is -2.34. The standard InChI is InChI=1S/C19H20N6O/c1-12-11-26-8-7-25(12)19-14-4-6-24(2)18(14)22-17(23-19)15-9-20-10-16-13(15)3-5-21-16/h3-6,9-10,12,21H,7-8,11H2,1-2H3. The first kappa shape index (κ1) is 15.3. The number of aromatic nitrogens is 5. The molecule has 132 valence electrons. The lowest BCUT2D eigenvalue weighted by Crippen LogP contribution is -2.44. The van der Waals surface area contributed by atoms with E-state index in [9.17, 15) is 0 Å². The minimum absolute atomic E-state index is 0.274. The van der Waals surface area contributed by atoms with Gasteiger partial charge in [-0.15, -0.1) is 0 Å². The minimum Gasteiger partial charge on any atom is -0.377 e. The van der Waals surface area contributed by atoms with Crippen LogP contribution in [0.1, 0.15) is 6.92 Å². The van der Waals surface area contributed by atoms with Crippen molar-refractivity contribution in [1.29, 1.82) is 0 Å². The fourth-order valence-corrected chi connectivity index (χ4v) is 3.66. The molecule has 0 radical (unpaired) electrons. The summed E-state index contributed by atoms with van der Waals surface area (Å²) in [6.45, 7) is 4.42. The molecule has 0 aliphatic carbocycles. The van der Waals surface area contributed by atoms with Crippen LogP contribution >= 0.6 is 0 Å². The number of pyridine rings is 1. The van der Waals surface area contributed by atoms with Crippen LogP contribution in [0.25, 0.3) is 33.3 Å². The summed E-state index contributed by atoms with van der Waals surface area (Å²) in [5, 5.41) is 2.15. The molecule has 1 atom stereocenters. The second-order valence-electron chi connectivity index (χ2n) is 6.78. The van der Waals surface area contributed by atoms with Crippen LogP contribution in [0.4, 0.5) is 5.82 Å². The monoisotopic (exact) mass is 348 g/mol. The molecule has 1 aliphatic heterocycles. The summed E-state index contributed by atoms with van der Waals surface area (Å²) in [7, 11) is 2.01. The van der Waals surface area contributed by atoms with Crippen LogP contribution in [0, 0.1) is 0 Å². The van der Waals surface area contributed by atoms with Gasteiger partial charge in [0.25, 0.3) is 0 Å². The molecule has 0 amide bonds. The van der Waals surface area contributed by atoms with Gasteiger partial charge in [0.15, 0.2) is 5.82 Å². The maximum absolute atomic E-state index is 5.61. The van der Waals surface area contributed by atoms with Gasteiger partial charge in [-0.1, -0.05) is 0 Å². The number of nitrogens with zero attached hydrogens (tertiary/aromatic N) is 5. The van der Waals surface area contributed by atoms with E-state index in [4.69, 9.17) is 14.7 Å². The normalized spacial score (nSPS) is 18.1. The third kappa shape index (κ3) is 2.28. The van der Waals surface area contributed by atoms with Crippen LogP contribution < -0.4 is 4.90 Å². The Morgan fingerprint density at radius 3 is 3.00 bits per heavy atom. The first-order valence-electron chi connectivity index (χ1n) is 8.81. The fraction of sp³-hybridized carbons (Fsp3) is 0.316. The van der Waals surface area contributed by atoms with E-state index in [1.807, 2.05) is 42.5 Å². The Balaban J connectivity index is 1.76. The number of rotatable bonds is 2. The Hall–Kier alpha value is -2.93. The van der Waals surface area contributed by atoms with E-state index in [-0.39, 0.29) is 6.04 Å². The molecule has 0 saturated carbocycles. The van der Waals surface area contributed by atoms with Crippen LogP contribution in [0.2, 0.25) is 0 Å². The van der Waals surface area contributed by atoms with E-state index in [0.717, 1.165) is 39.9 Å². The molecule has 7 nitrogen and oxygen atoms in total. The van der Waals surface area contributed by atoms with Gasteiger partial charge >= 0.3 is 0 Å². The Morgan fingerprint density at radius 1 is 1.19 bits per heavy atom. The molecule has 1 saturated heterocycles. The molecule has 26 heavy (non-hydrogen) atoms. The van der Waals surface area contributed by atoms with Gasteiger partial charge in [0.1, 0.15) is 11.5 Å². The molecule has 0 bridgehead atoms. The lowest BCUT2D eigenvalue weighted by atomic mass is 10.1. The number of H-pyrrole nitrogens is 1. The smallest absolute Gasteiger partial charge is 0.166 e. The first-order chi connectivity index (χ1) is 12.7. The van der Waals surface area contributed by atoms with Gasteiger partial charge in [-0.05, 0) is 19.1 Å². The second kappa shape index (κ2) is 5.81. The number of aryl methyl sites for hydroxylation is 1. The Labute approximate surface area is 150 Å². The van der Waals surface area contributed by atoms with Crippen molar-refractivity contribution in [1.82, 2.24) is 24.5 Å². The summed E-state index contributed by atoms with van der Waals surface area (Å²) in [6, 6.07) is 4.41. The highest BCUT2D eigenvalue weighted by atomic mass is 16.5. The van der Waals surface area contributed by atoms with Crippen molar-refractivity contribution in [2.45, 2.75) is 13.0 Å². The van der Waals surface area contributed by atoms with Crippen LogP contribution in [0.3, 0.4) is 0 Å².